The van der Waals surface area contributed by atoms with Crippen LogP contribution in [0.1, 0.15) is 32.7 Å². The molecule has 204 valence electrons. The van der Waals surface area contributed by atoms with Crippen LogP contribution in [-0.2, 0) is 4.74 Å². The number of imidazole rings is 1. The topological polar surface area (TPSA) is 126 Å². The molecule has 37 heavy (non-hydrogen) atoms. The number of aliphatic hydroxyl groups excluding tert-OH is 1. The Labute approximate surface area is 222 Å². The van der Waals surface area contributed by atoms with Gasteiger partial charge in [-0.2, -0.15) is 0 Å². The zero-order valence-corrected chi connectivity index (χ0v) is 22.7. The number of hydrogen-bond acceptors (Lipinski definition) is 9. The highest BCUT2D eigenvalue weighted by Gasteiger charge is 2.18. The molecule has 2 aromatic heterocycles. The van der Waals surface area contributed by atoms with Crippen LogP contribution in [0.25, 0.3) is 22.3 Å². The second-order valence-electron chi connectivity index (χ2n) is 9.32. The molecule has 2 saturated heterocycles. The number of nitrogens with zero attached hydrogens (tertiary/aromatic N) is 5. The van der Waals surface area contributed by atoms with Gasteiger partial charge >= 0.3 is 0 Å². The largest absolute Gasteiger partial charge is 0.391 e. The minimum absolute atomic E-state index is 0.0817. The average molecular weight is 537 g/mol. The molecule has 4 heterocycles. The molecule has 0 aliphatic carbocycles. The Morgan fingerprint density at radius 2 is 2.00 bits per heavy atom. The molecule has 2 aliphatic heterocycles. The third-order valence-corrected chi connectivity index (χ3v) is 6.28. The van der Waals surface area contributed by atoms with E-state index in [1.165, 1.54) is 25.4 Å². The van der Waals surface area contributed by atoms with Gasteiger partial charge in [-0.3, -0.25) is 0 Å². The lowest BCUT2D eigenvalue weighted by molar-refractivity contribution is -0.00535. The van der Waals surface area contributed by atoms with Crippen molar-refractivity contribution < 1.29 is 14.2 Å². The number of anilines is 2. The molecule has 0 saturated carbocycles. The summed E-state index contributed by atoms with van der Waals surface area (Å²) >= 11 is 6.13. The van der Waals surface area contributed by atoms with Gasteiger partial charge in [-0.25, -0.2) is 19.3 Å². The number of nitrogens with one attached hydrogen (secondary N) is 2. The van der Waals surface area contributed by atoms with E-state index in [-0.39, 0.29) is 18.1 Å². The summed E-state index contributed by atoms with van der Waals surface area (Å²) in [5.74, 6) is 0.235. The van der Waals surface area contributed by atoms with Crippen molar-refractivity contribution in [2.75, 3.05) is 64.5 Å². The summed E-state index contributed by atoms with van der Waals surface area (Å²) in [6, 6.07) is 3.26. The molecule has 0 radical (unpaired) electrons. The molecule has 5 rings (SSSR count). The quantitative estimate of drug-likeness (QED) is 0.399. The Balaban J connectivity index is 0.000000220. The standard InChI is InChI=1S/C15H16ClFN6.C5H12N2.C5H10O2/c1-7(2)23-11-5-8(12-9(16)6-20-14(18)21-12)4-10(17)13(11)22-15(23)19-3;1-7-4-2-6-3-5-7;6-5-2-1-3-7-4-5/h4-7H,1-3H3,(H,19,22)(H2,18,20,21);6H,2-5H2,1H3;5-6H,1-4H2. The maximum atomic E-state index is 14.5. The summed E-state index contributed by atoms with van der Waals surface area (Å²) in [5.41, 5.74) is 7.49. The van der Waals surface area contributed by atoms with Crippen LogP contribution in [0, 0.1) is 5.82 Å². The lowest BCUT2D eigenvalue weighted by Crippen LogP contribution is -2.40. The number of ether oxygens (including phenoxy) is 1. The van der Waals surface area contributed by atoms with E-state index >= 15 is 0 Å². The lowest BCUT2D eigenvalue weighted by atomic mass is 10.1. The molecule has 0 amide bonds. The first-order chi connectivity index (χ1) is 17.7. The van der Waals surface area contributed by atoms with Gasteiger partial charge in [0.1, 0.15) is 5.52 Å². The summed E-state index contributed by atoms with van der Waals surface area (Å²) in [6.07, 6.45) is 3.15. The maximum absolute atomic E-state index is 14.5. The number of nitrogens with two attached hydrogens (primary N) is 1. The van der Waals surface area contributed by atoms with Crippen molar-refractivity contribution >= 4 is 34.5 Å². The SMILES string of the molecule is CN1CCNCC1.CNc1nc2c(F)cc(-c3nc(N)ncc3Cl)cc2n1C(C)C.OC1CCCOC1. The van der Waals surface area contributed by atoms with Crippen LogP contribution < -0.4 is 16.4 Å². The van der Waals surface area contributed by atoms with Crippen LogP contribution in [0.4, 0.5) is 16.3 Å². The molecule has 0 spiro atoms. The molecule has 1 aromatic carbocycles. The van der Waals surface area contributed by atoms with E-state index in [1.807, 2.05) is 18.4 Å². The predicted octanol–water partition coefficient (Wildman–Crippen LogP) is 3.17. The Morgan fingerprint density at radius 1 is 1.27 bits per heavy atom. The van der Waals surface area contributed by atoms with Crippen molar-refractivity contribution in [2.24, 2.45) is 0 Å². The van der Waals surface area contributed by atoms with E-state index < -0.39 is 5.82 Å². The monoisotopic (exact) mass is 536 g/mol. The van der Waals surface area contributed by atoms with Gasteiger partial charge < -0.3 is 35.7 Å². The molecular formula is C25H38ClFN8O2. The Bertz CT molecular complexity index is 1130. The number of benzene rings is 1. The molecule has 5 N–H and O–H groups in total. The smallest absolute Gasteiger partial charge is 0.220 e. The molecule has 3 aromatic rings. The fourth-order valence-electron chi connectivity index (χ4n) is 4.07. The number of aromatic nitrogens is 4. The highest BCUT2D eigenvalue weighted by molar-refractivity contribution is 6.33. The van der Waals surface area contributed by atoms with Crippen molar-refractivity contribution in [2.45, 2.75) is 38.8 Å². The fourth-order valence-corrected chi connectivity index (χ4v) is 4.27. The van der Waals surface area contributed by atoms with Crippen LogP contribution >= 0.6 is 11.6 Å². The number of piperazine rings is 1. The predicted molar refractivity (Wildman–Crippen MR) is 146 cm³/mol. The summed E-state index contributed by atoms with van der Waals surface area (Å²) in [6.45, 7) is 10.1. The zero-order valence-electron chi connectivity index (χ0n) is 22.0. The normalized spacial score (nSPS) is 18.1. The highest BCUT2D eigenvalue weighted by Crippen LogP contribution is 2.33. The second kappa shape index (κ2) is 13.8. The van der Waals surface area contributed by atoms with Gasteiger partial charge in [-0.15, -0.1) is 0 Å². The highest BCUT2D eigenvalue weighted by atomic mass is 35.5. The summed E-state index contributed by atoms with van der Waals surface area (Å²) in [7, 11) is 3.90. The molecule has 1 unspecified atom stereocenters. The zero-order chi connectivity index (χ0) is 26.9. The van der Waals surface area contributed by atoms with E-state index in [2.05, 4.69) is 37.5 Å². The van der Waals surface area contributed by atoms with Crippen molar-refractivity contribution in [1.29, 1.82) is 0 Å². The van der Waals surface area contributed by atoms with E-state index in [9.17, 15) is 4.39 Å². The molecule has 2 aliphatic rings. The first-order valence-corrected chi connectivity index (χ1v) is 12.9. The molecule has 1 atom stereocenters. The molecule has 2 fully saturated rings. The van der Waals surface area contributed by atoms with Crippen LogP contribution in [0.3, 0.4) is 0 Å². The van der Waals surface area contributed by atoms with Gasteiger partial charge in [0.15, 0.2) is 5.82 Å². The van der Waals surface area contributed by atoms with Gasteiger partial charge in [0.05, 0.1) is 35.1 Å². The van der Waals surface area contributed by atoms with Crippen molar-refractivity contribution in [1.82, 2.24) is 29.7 Å². The third-order valence-electron chi connectivity index (χ3n) is 6.00. The average Bonchev–Trinajstić information content (AvgIpc) is 3.27. The van der Waals surface area contributed by atoms with E-state index in [0.29, 0.717) is 39.9 Å². The number of aliphatic hydroxyl groups is 1. The van der Waals surface area contributed by atoms with Crippen LogP contribution in [-0.4, -0.2) is 89.1 Å². The van der Waals surface area contributed by atoms with E-state index in [1.54, 1.807) is 13.1 Å². The Kier molecular flexibility index (Phi) is 10.8. The number of likely N-dealkylation sites (N-methyl/N-ethyl adjacent to an activating group) is 1. The van der Waals surface area contributed by atoms with Crippen molar-refractivity contribution in [3.8, 4) is 11.3 Å². The Hall–Kier alpha value is -2.57. The van der Waals surface area contributed by atoms with Crippen LogP contribution in [0.5, 0.6) is 0 Å². The summed E-state index contributed by atoms with van der Waals surface area (Å²) in [5, 5.41) is 15.4. The van der Waals surface area contributed by atoms with Gasteiger partial charge in [0.25, 0.3) is 0 Å². The minimum Gasteiger partial charge on any atom is -0.391 e. The minimum atomic E-state index is -0.443. The van der Waals surface area contributed by atoms with Crippen LogP contribution in [0.15, 0.2) is 18.3 Å². The van der Waals surface area contributed by atoms with E-state index in [4.69, 9.17) is 27.2 Å². The number of halogens is 2. The van der Waals surface area contributed by atoms with Crippen LogP contribution in [0.2, 0.25) is 5.02 Å². The lowest BCUT2D eigenvalue weighted by Gasteiger charge is -2.21. The Morgan fingerprint density at radius 3 is 2.51 bits per heavy atom. The summed E-state index contributed by atoms with van der Waals surface area (Å²) < 4.78 is 21.4. The van der Waals surface area contributed by atoms with Gasteiger partial charge in [0, 0.05) is 51.4 Å². The number of rotatable bonds is 3. The summed E-state index contributed by atoms with van der Waals surface area (Å²) in [4.78, 5) is 14.6. The second-order valence-corrected chi connectivity index (χ2v) is 9.73. The molecule has 12 heteroatoms. The number of hydrogen-bond donors (Lipinski definition) is 4. The van der Waals surface area contributed by atoms with E-state index in [0.717, 1.165) is 32.5 Å². The third kappa shape index (κ3) is 7.96. The van der Waals surface area contributed by atoms with Crippen molar-refractivity contribution in [3.05, 3.63) is 29.2 Å². The molecular weight excluding hydrogens is 499 g/mol. The van der Waals surface area contributed by atoms with Gasteiger partial charge in [-0.1, -0.05) is 11.6 Å². The van der Waals surface area contributed by atoms with Gasteiger partial charge in [-0.05, 0) is 45.9 Å². The van der Waals surface area contributed by atoms with Gasteiger partial charge in [0.2, 0.25) is 11.9 Å². The fraction of sp³-hybridized carbons (Fsp3) is 0.560. The molecule has 0 bridgehead atoms. The first kappa shape index (κ1) is 29.0. The number of fused-ring (bicyclic) bond motifs is 1. The number of nitrogen functional groups attached to an aromatic ring is 1. The maximum Gasteiger partial charge on any atom is 0.220 e. The first-order valence-electron chi connectivity index (χ1n) is 12.5. The van der Waals surface area contributed by atoms with Crippen molar-refractivity contribution in [3.63, 3.8) is 0 Å². The molecule has 10 nitrogen and oxygen atoms in total.